The van der Waals surface area contributed by atoms with Crippen LogP contribution in [0.3, 0.4) is 0 Å². The molecule has 0 aromatic heterocycles. The molecule has 1 amide bonds. The second kappa shape index (κ2) is 10.6. The average Bonchev–Trinajstić information content (AvgIpc) is 2.71. The maximum Gasteiger partial charge on any atom is 0.220 e. The van der Waals surface area contributed by atoms with Crippen LogP contribution in [0.5, 0.6) is 11.5 Å². The second-order valence-corrected chi connectivity index (χ2v) is 6.54. The number of amides is 1. The summed E-state index contributed by atoms with van der Waals surface area (Å²) in [6.07, 6.45) is 2.21. The fraction of sp³-hybridized carbons (Fsp3) is 0.562. The molecule has 2 rings (SSSR count). The lowest BCUT2D eigenvalue weighted by Crippen LogP contribution is -2.29. The molecule has 1 heterocycles. The minimum atomic E-state index is 0. The Kier molecular flexibility index (Phi) is 9.21. The van der Waals surface area contributed by atoms with Gasteiger partial charge in [-0.25, -0.2) is 0 Å². The van der Waals surface area contributed by atoms with Gasteiger partial charge in [-0.3, -0.25) is 4.79 Å². The molecule has 7 heteroatoms. The Bertz CT molecular complexity index is 500. The van der Waals surface area contributed by atoms with Gasteiger partial charge < -0.3 is 20.5 Å². The molecule has 130 valence electrons. The lowest BCUT2D eigenvalue weighted by Gasteiger charge is -2.09. The molecule has 1 atom stereocenters. The first-order chi connectivity index (χ1) is 10.6. The Balaban J connectivity index is 0.00000264. The second-order valence-electron chi connectivity index (χ2n) is 5.37. The van der Waals surface area contributed by atoms with E-state index in [4.69, 9.17) is 15.2 Å². The molecule has 0 aliphatic carbocycles. The minimum absolute atomic E-state index is 0. The van der Waals surface area contributed by atoms with E-state index >= 15 is 0 Å². The van der Waals surface area contributed by atoms with E-state index in [1.54, 1.807) is 11.8 Å². The van der Waals surface area contributed by atoms with Crippen molar-refractivity contribution >= 4 is 30.1 Å². The molecule has 0 fully saturated rings. The van der Waals surface area contributed by atoms with Crippen molar-refractivity contribution in [2.24, 2.45) is 5.73 Å². The Morgan fingerprint density at radius 1 is 1.35 bits per heavy atom. The summed E-state index contributed by atoms with van der Waals surface area (Å²) < 4.78 is 11.3. The van der Waals surface area contributed by atoms with Crippen LogP contribution < -0.4 is 20.5 Å². The zero-order valence-corrected chi connectivity index (χ0v) is 15.0. The van der Waals surface area contributed by atoms with Gasteiger partial charge in [0.25, 0.3) is 0 Å². The first-order valence-corrected chi connectivity index (χ1v) is 8.68. The van der Waals surface area contributed by atoms with Crippen molar-refractivity contribution in [1.29, 1.82) is 0 Å². The van der Waals surface area contributed by atoms with E-state index in [0.29, 0.717) is 26.2 Å². The van der Waals surface area contributed by atoms with Gasteiger partial charge in [-0.15, -0.1) is 24.2 Å². The zero-order chi connectivity index (χ0) is 15.8. The Hall–Kier alpha value is -1.11. The smallest absolute Gasteiger partial charge is 0.220 e. The van der Waals surface area contributed by atoms with Crippen LogP contribution in [0.25, 0.3) is 0 Å². The van der Waals surface area contributed by atoms with Crippen LogP contribution in [-0.4, -0.2) is 37.5 Å². The average molecular weight is 361 g/mol. The molecular formula is C16H25ClN2O3S. The van der Waals surface area contributed by atoms with Gasteiger partial charge >= 0.3 is 0 Å². The molecule has 1 aliphatic rings. The molecule has 0 spiro atoms. The van der Waals surface area contributed by atoms with Crippen LogP contribution in [0.15, 0.2) is 23.1 Å². The molecule has 1 aromatic rings. The van der Waals surface area contributed by atoms with E-state index < -0.39 is 0 Å². The topological polar surface area (TPSA) is 73.6 Å². The van der Waals surface area contributed by atoms with Crippen LogP contribution in [0.2, 0.25) is 0 Å². The van der Waals surface area contributed by atoms with Gasteiger partial charge in [-0.05, 0) is 31.5 Å². The van der Waals surface area contributed by atoms with Gasteiger partial charge in [0.05, 0.1) is 13.2 Å². The molecule has 1 aliphatic heterocycles. The third-order valence-corrected chi connectivity index (χ3v) is 4.23. The largest absolute Gasteiger partial charge is 0.490 e. The van der Waals surface area contributed by atoms with Crippen molar-refractivity contribution in [3.63, 3.8) is 0 Å². The van der Waals surface area contributed by atoms with Gasteiger partial charge in [0, 0.05) is 36.1 Å². The zero-order valence-electron chi connectivity index (χ0n) is 13.4. The number of halogens is 1. The van der Waals surface area contributed by atoms with E-state index in [1.807, 2.05) is 25.1 Å². The van der Waals surface area contributed by atoms with Crippen molar-refractivity contribution < 1.29 is 14.3 Å². The number of thioether (sulfide) groups is 1. The number of ether oxygens (including phenoxy) is 2. The van der Waals surface area contributed by atoms with Crippen molar-refractivity contribution in [1.82, 2.24) is 5.32 Å². The molecule has 0 saturated carbocycles. The SMILES string of the molecule is CC(N)CCNC(=O)CCSc1ccc2c(c1)OCCCO2.Cl. The minimum Gasteiger partial charge on any atom is -0.490 e. The summed E-state index contributed by atoms with van der Waals surface area (Å²) in [6, 6.07) is 6.05. The Labute approximate surface area is 148 Å². The molecule has 0 bridgehead atoms. The van der Waals surface area contributed by atoms with Crippen molar-refractivity contribution in [3.05, 3.63) is 18.2 Å². The first-order valence-electron chi connectivity index (χ1n) is 7.70. The van der Waals surface area contributed by atoms with Crippen molar-refractivity contribution in [2.75, 3.05) is 25.5 Å². The van der Waals surface area contributed by atoms with Gasteiger partial charge in [-0.2, -0.15) is 0 Å². The third kappa shape index (κ3) is 7.33. The van der Waals surface area contributed by atoms with Crippen LogP contribution in [0.1, 0.15) is 26.2 Å². The number of fused-ring (bicyclic) bond motifs is 1. The number of rotatable bonds is 7. The molecule has 23 heavy (non-hydrogen) atoms. The highest BCUT2D eigenvalue weighted by Crippen LogP contribution is 2.33. The third-order valence-electron chi connectivity index (χ3n) is 3.24. The maximum atomic E-state index is 11.7. The van der Waals surface area contributed by atoms with Crippen molar-refractivity contribution in [2.45, 2.75) is 37.1 Å². The van der Waals surface area contributed by atoms with Crippen LogP contribution in [-0.2, 0) is 4.79 Å². The Morgan fingerprint density at radius 2 is 2.09 bits per heavy atom. The molecular weight excluding hydrogens is 336 g/mol. The monoisotopic (exact) mass is 360 g/mol. The summed E-state index contributed by atoms with van der Waals surface area (Å²) in [6.45, 7) is 3.96. The number of carbonyl (C=O) groups excluding carboxylic acids is 1. The number of benzene rings is 1. The standard InChI is InChI=1S/C16H24N2O3S.ClH/c1-12(17)5-7-18-16(19)6-10-22-13-3-4-14-15(11-13)21-9-2-8-20-14;/h3-4,11-12H,2,5-10,17H2,1H3,(H,18,19);1H. The number of nitrogens with one attached hydrogen (secondary N) is 1. The summed E-state index contributed by atoms with van der Waals surface area (Å²) in [5.41, 5.74) is 5.64. The van der Waals surface area contributed by atoms with E-state index in [1.165, 1.54) is 0 Å². The quantitative estimate of drug-likeness (QED) is 0.731. The molecule has 5 nitrogen and oxygen atoms in total. The number of carbonyl (C=O) groups is 1. The number of nitrogens with two attached hydrogens (primary N) is 1. The number of hydrogen-bond acceptors (Lipinski definition) is 5. The highest BCUT2D eigenvalue weighted by Gasteiger charge is 2.11. The number of hydrogen-bond donors (Lipinski definition) is 2. The summed E-state index contributed by atoms with van der Waals surface area (Å²) >= 11 is 1.65. The van der Waals surface area contributed by atoms with E-state index in [0.717, 1.165) is 35.0 Å². The predicted octanol–water partition coefficient (Wildman–Crippen LogP) is 2.61. The maximum absolute atomic E-state index is 11.7. The molecule has 1 aromatic carbocycles. The van der Waals surface area contributed by atoms with Crippen LogP contribution >= 0.6 is 24.2 Å². The molecule has 3 N–H and O–H groups in total. The van der Waals surface area contributed by atoms with E-state index in [-0.39, 0.29) is 24.4 Å². The van der Waals surface area contributed by atoms with Gasteiger partial charge in [0.2, 0.25) is 5.91 Å². The molecule has 0 radical (unpaired) electrons. The normalized spacial score (nSPS) is 14.3. The highest BCUT2D eigenvalue weighted by molar-refractivity contribution is 7.99. The van der Waals surface area contributed by atoms with Crippen molar-refractivity contribution in [3.8, 4) is 11.5 Å². The predicted molar refractivity (Wildman–Crippen MR) is 95.9 cm³/mol. The lowest BCUT2D eigenvalue weighted by atomic mass is 10.2. The lowest BCUT2D eigenvalue weighted by molar-refractivity contribution is -0.120. The Morgan fingerprint density at radius 3 is 2.83 bits per heavy atom. The van der Waals surface area contributed by atoms with Crippen LogP contribution in [0, 0.1) is 0 Å². The highest BCUT2D eigenvalue weighted by atomic mass is 35.5. The fourth-order valence-corrected chi connectivity index (χ4v) is 2.90. The molecule has 1 unspecified atom stereocenters. The summed E-state index contributed by atoms with van der Waals surface area (Å²) in [5, 5.41) is 2.88. The molecule has 0 saturated heterocycles. The van der Waals surface area contributed by atoms with Gasteiger partial charge in [-0.1, -0.05) is 0 Å². The van der Waals surface area contributed by atoms with Gasteiger partial charge in [0.15, 0.2) is 11.5 Å². The van der Waals surface area contributed by atoms with E-state index in [9.17, 15) is 4.79 Å². The summed E-state index contributed by atoms with van der Waals surface area (Å²) in [5.74, 6) is 2.41. The van der Waals surface area contributed by atoms with E-state index in [2.05, 4.69) is 5.32 Å². The van der Waals surface area contributed by atoms with Gasteiger partial charge in [0.1, 0.15) is 0 Å². The first kappa shape index (κ1) is 19.9. The fourth-order valence-electron chi connectivity index (χ4n) is 2.02. The summed E-state index contributed by atoms with van der Waals surface area (Å²) in [7, 11) is 0. The van der Waals surface area contributed by atoms with Crippen LogP contribution in [0.4, 0.5) is 0 Å². The summed E-state index contributed by atoms with van der Waals surface area (Å²) in [4.78, 5) is 12.8.